The molecule has 0 saturated carbocycles. The van der Waals surface area contributed by atoms with E-state index in [0.29, 0.717) is 12.1 Å². The minimum atomic E-state index is -0.812. The van der Waals surface area contributed by atoms with Crippen LogP contribution in [0.4, 0.5) is 5.69 Å². The van der Waals surface area contributed by atoms with Crippen LogP contribution in [0.1, 0.15) is 29.7 Å². The second kappa shape index (κ2) is 7.56. The molecule has 0 bridgehead atoms. The van der Waals surface area contributed by atoms with Crippen molar-refractivity contribution in [2.75, 3.05) is 5.32 Å². The van der Waals surface area contributed by atoms with E-state index < -0.39 is 5.97 Å². The number of halogens is 1. The lowest BCUT2D eigenvalue weighted by atomic mass is 10.1. The molecular formula is C16H16BrNO3S. The Morgan fingerprint density at radius 1 is 1.23 bits per heavy atom. The molecule has 2 aromatic rings. The lowest BCUT2D eigenvalue weighted by Gasteiger charge is -2.11. The molecule has 22 heavy (non-hydrogen) atoms. The number of carbonyl (C=O) groups is 2. The van der Waals surface area contributed by atoms with Crippen LogP contribution in [0.2, 0.25) is 0 Å². The topological polar surface area (TPSA) is 66.4 Å². The summed E-state index contributed by atoms with van der Waals surface area (Å²) >= 11 is 4.94. The number of aliphatic carboxylic acids is 1. The Kier molecular flexibility index (Phi) is 5.74. The summed E-state index contributed by atoms with van der Waals surface area (Å²) in [4.78, 5) is 23.8. The number of carboxylic acid groups (broad SMARTS) is 1. The SMILES string of the molecule is CC(C(=O)Nc1ccc(CCC(=O)O)cc1)c1ccc(Br)s1. The van der Waals surface area contributed by atoms with Gasteiger partial charge in [-0.25, -0.2) is 0 Å². The molecule has 2 N–H and O–H groups in total. The molecule has 0 aliphatic heterocycles. The highest BCUT2D eigenvalue weighted by molar-refractivity contribution is 9.11. The summed E-state index contributed by atoms with van der Waals surface area (Å²) in [5, 5.41) is 11.5. The predicted molar refractivity (Wildman–Crippen MR) is 91.5 cm³/mol. The first-order chi connectivity index (χ1) is 10.5. The van der Waals surface area contributed by atoms with Gasteiger partial charge in [0.1, 0.15) is 0 Å². The lowest BCUT2D eigenvalue weighted by molar-refractivity contribution is -0.137. The third kappa shape index (κ3) is 4.68. The summed E-state index contributed by atoms with van der Waals surface area (Å²) in [6.07, 6.45) is 0.596. The van der Waals surface area contributed by atoms with Crippen molar-refractivity contribution < 1.29 is 14.7 Å². The Morgan fingerprint density at radius 3 is 2.45 bits per heavy atom. The second-order valence-electron chi connectivity index (χ2n) is 4.94. The third-order valence-corrected chi connectivity index (χ3v) is 5.07. The number of thiophene rings is 1. The van der Waals surface area contributed by atoms with Crippen LogP contribution in [0.15, 0.2) is 40.2 Å². The van der Waals surface area contributed by atoms with Crippen molar-refractivity contribution in [3.05, 3.63) is 50.6 Å². The summed E-state index contributed by atoms with van der Waals surface area (Å²) in [5.74, 6) is -1.09. The van der Waals surface area contributed by atoms with Gasteiger partial charge >= 0.3 is 5.97 Å². The quantitative estimate of drug-likeness (QED) is 0.784. The maximum Gasteiger partial charge on any atom is 0.303 e. The Bertz CT molecular complexity index is 666. The Hall–Kier alpha value is -1.66. The molecule has 0 aliphatic carbocycles. The zero-order valence-electron chi connectivity index (χ0n) is 12.0. The van der Waals surface area contributed by atoms with Gasteiger partial charge in [-0.15, -0.1) is 11.3 Å². The Labute approximate surface area is 141 Å². The van der Waals surface area contributed by atoms with E-state index in [9.17, 15) is 9.59 Å². The van der Waals surface area contributed by atoms with Crippen molar-refractivity contribution in [3.63, 3.8) is 0 Å². The average molecular weight is 382 g/mol. The van der Waals surface area contributed by atoms with Gasteiger partial charge in [0.25, 0.3) is 0 Å². The predicted octanol–water partition coefficient (Wildman–Crippen LogP) is 4.27. The van der Waals surface area contributed by atoms with Crippen molar-refractivity contribution in [1.29, 1.82) is 0 Å². The first-order valence-corrected chi connectivity index (χ1v) is 8.43. The summed E-state index contributed by atoms with van der Waals surface area (Å²) in [5.41, 5.74) is 1.65. The van der Waals surface area contributed by atoms with E-state index in [1.807, 2.05) is 31.2 Å². The number of anilines is 1. The van der Waals surface area contributed by atoms with E-state index in [4.69, 9.17) is 5.11 Å². The highest BCUT2D eigenvalue weighted by atomic mass is 79.9. The maximum absolute atomic E-state index is 12.2. The summed E-state index contributed by atoms with van der Waals surface area (Å²) in [6.45, 7) is 1.87. The number of aryl methyl sites for hydroxylation is 1. The number of carboxylic acids is 1. The van der Waals surface area contributed by atoms with Crippen LogP contribution in [-0.2, 0) is 16.0 Å². The minimum absolute atomic E-state index is 0.0624. The highest BCUT2D eigenvalue weighted by Crippen LogP contribution is 2.29. The number of amides is 1. The van der Waals surface area contributed by atoms with E-state index in [2.05, 4.69) is 21.2 Å². The van der Waals surface area contributed by atoms with Crippen LogP contribution in [0.25, 0.3) is 0 Å². The van der Waals surface area contributed by atoms with Gasteiger partial charge in [-0.3, -0.25) is 9.59 Å². The molecule has 1 unspecified atom stereocenters. The molecule has 4 nitrogen and oxygen atoms in total. The van der Waals surface area contributed by atoms with Crippen molar-refractivity contribution in [2.24, 2.45) is 0 Å². The lowest BCUT2D eigenvalue weighted by Crippen LogP contribution is -2.18. The molecule has 1 amide bonds. The van der Waals surface area contributed by atoms with Gasteiger partial charge in [-0.1, -0.05) is 12.1 Å². The van der Waals surface area contributed by atoms with Gasteiger partial charge in [0.15, 0.2) is 0 Å². The molecule has 1 aromatic heterocycles. The molecule has 0 fully saturated rings. The third-order valence-electron chi connectivity index (χ3n) is 3.26. The van der Waals surface area contributed by atoms with Crippen LogP contribution in [0, 0.1) is 0 Å². The Balaban J connectivity index is 1.95. The molecule has 6 heteroatoms. The monoisotopic (exact) mass is 381 g/mol. The van der Waals surface area contributed by atoms with E-state index in [0.717, 1.165) is 14.2 Å². The molecule has 2 rings (SSSR count). The first kappa shape index (κ1) is 16.7. The van der Waals surface area contributed by atoms with Crippen LogP contribution >= 0.6 is 27.3 Å². The van der Waals surface area contributed by atoms with E-state index in [1.54, 1.807) is 23.5 Å². The number of nitrogens with one attached hydrogen (secondary N) is 1. The number of hydrogen-bond acceptors (Lipinski definition) is 3. The van der Waals surface area contributed by atoms with Crippen LogP contribution in [-0.4, -0.2) is 17.0 Å². The fourth-order valence-corrected chi connectivity index (χ4v) is 3.42. The van der Waals surface area contributed by atoms with Gasteiger partial charge < -0.3 is 10.4 Å². The number of benzene rings is 1. The molecule has 0 aliphatic rings. The van der Waals surface area contributed by atoms with E-state index in [1.165, 1.54) is 0 Å². The number of hydrogen-bond donors (Lipinski definition) is 2. The Morgan fingerprint density at radius 2 is 1.91 bits per heavy atom. The van der Waals surface area contributed by atoms with Crippen LogP contribution in [0.3, 0.4) is 0 Å². The molecule has 1 atom stereocenters. The zero-order chi connectivity index (χ0) is 16.1. The van der Waals surface area contributed by atoms with Gasteiger partial charge in [0, 0.05) is 17.0 Å². The van der Waals surface area contributed by atoms with E-state index in [-0.39, 0.29) is 18.2 Å². The molecule has 0 saturated heterocycles. The van der Waals surface area contributed by atoms with Gasteiger partial charge in [-0.05, 0) is 59.1 Å². The van der Waals surface area contributed by atoms with Crippen molar-refractivity contribution in [2.45, 2.75) is 25.7 Å². The zero-order valence-corrected chi connectivity index (χ0v) is 14.4. The van der Waals surface area contributed by atoms with Gasteiger partial charge in [0.2, 0.25) is 5.91 Å². The molecule has 0 spiro atoms. The second-order valence-corrected chi connectivity index (χ2v) is 7.44. The molecule has 116 valence electrons. The fraction of sp³-hybridized carbons (Fsp3) is 0.250. The number of carbonyl (C=O) groups excluding carboxylic acids is 1. The van der Waals surface area contributed by atoms with Crippen molar-refractivity contribution in [3.8, 4) is 0 Å². The standard InChI is InChI=1S/C16H16BrNO3S/c1-10(13-7-8-14(17)22-13)16(21)18-12-5-2-11(3-6-12)4-9-15(19)20/h2-3,5-8,10H,4,9H2,1H3,(H,18,21)(H,19,20). The van der Waals surface area contributed by atoms with E-state index >= 15 is 0 Å². The smallest absolute Gasteiger partial charge is 0.303 e. The summed E-state index contributed by atoms with van der Waals surface area (Å²) < 4.78 is 1.00. The molecule has 1 heterocycles. The first-order valence-electron chi connectivity index (χ1n) is 6.82. The molecule has 0 radical (unpaired) electrons. The van der Waals surface area contributed by atoms with Crippen molar-refractivity contribution in [1.82, 2.24) is 0 Å². The van der Waals surface area contributed by atoms with Gasteiger partial charge in [-0.2, -0.15) is 0 Å². The largest absolute Gasteiger partial charge is 0.481 e. The molecule has 1 aromatic carbocycles. The summed E-state index contributed by atoms with van der Waals surface area (Å²) in [6, 6.07) is 11.1. The van der Waals surface area contributed by atoms with Crippen LogP contribution < -0.4 is 5.32 Å². The maximum atomic E-state index is 12.2. The van der Waals surface area contributed by atoms with Crippen molar-refractivity contribution >= 4 is 44.8 Å². The summed E-state index contributed by atoms with van der Waals surface area (Å²) in [7, 11) is 0. The fourth-order valence-electron chi connectivity index (χ4n) is 1.95. The normalized spacial score (nSPS) is 11.9. The highest BCUT2D eigenvalue weighted by Gasteiger charge is 2.17. The van der Waals surface area contributed by atoms with Crippen LogP contribution in [0.5, 0.6) is 0 Å². The average Bonchev–Trinajstić information content (AvgIpc) is 2.92. The number of rotatable bonds is 6. The molecular weight excluding hydrogens is 366 g/mol. The van der Waals surface area contributed by atoms with Gasteiger partial charge in [0.05, 0.1) is 9.70 Å². The minimum Gasteiger partial charge on any atom is -0.481 e.